The fraction of sp³-hybridized carbons (Fsp3) is 0.385. The fourth-order valence-electron chi connectivity index (χ4n) is 1.49. The number of rotatable bonds is 6. The van der Waals surface area contributed by atoms with Gasteiger partial charge in [0.25, 0.3) is 5.91 Å². The molecule has 19 heavy (non-hydrogen) atoms. The third kappa shape index (κ3) is 4.50. The van der Waals surface area contributed by atoms with Crippen molar-refractivity contribution in [3.05, 3.63) is 23.8 Å². The Kier molecular flexibility index (Phi) is 5.66. The molecule has 0 saturated carbocycles. The summed E-state index contributed by atoms with van der Waals surface area (Å²) in [6.45, 7) is 2.66. The van der Waals surface area contributed by atoms with E-state index in [1.807, 2.05) is 6.92 Å². The lowest BCUT2D eigenvalue weighted by Crippen LogP contribution is -2.29. The van der Waals surface area contributed by atoms with Gasteiger partial charge in [-0.15, -0.1) is 0 Å². The number of amides is 2. The number of ether oxygens (including phenoxy) is 1. The summed E-state index contributed by atoms with van der Waals surface area (Å²) in [5.74, 6) is 0.176. The van der Waals surface area contributed by atoms with Crippen LogP contribution in [0.2, 0.25) is 0 Å². The van der Waals surface area contributed by atoms with Gasteiger partial charge in [-0.05, 0) is 25.1 Å². The molecule has 0 unspecified atom stereocenters. The molecular formula is C13H19N3O3. The zero-order valence-electron chi connectivity index (χ0n) is 11.2. The average molecular weight is 265 g/mol. The van der Waals surface area contributed by atoms with Crippen LogP contribution >= 0.6 is 0 Å². The minimum Gasteiger partial charge on any atom is -0.492 e. The van der Waals surface area contributed by atoms with Gasteiger partial charge in [0, 0.05) is 25.6 Å². The van der Waals surface area contributed by atoms with Crippen LogP contribution in [0, 0.1) is 0 Å². The minimum atomic E-state index is -0.265. The van der Waals surface area contributed by atoms with Crippen LogP contribution in [-0.2, 0) is 4.79 Å². The number of hydrogen-bond donors (Lipinski definition) is 3. The number of anilines is 1. The highest BCUT2D eigenvalue weighted by Crippen LogP contribution is 2.22. The Balaban J connectivity index is 2.57. The maximum Gasteiger partial charge on any atom is 0.251 e. The first kappa shape index (κ1) is 14.8. The van der Waals surface area contributed by atoms with E-state index in [1.165, 1.54) is 0 Å². The van der Waals surface area contributed by atoms with E-state index in [4.69, 9.17) is 10.5 Å². The number of nitrogens with two attached hydrogens (primary N) is 1. The number of carbonyl (C=O) groups excluding carboxylic acids is 2. The van der Waals surface area contributed by atoms with Gasteiger partial charge >= 0.3 is 0 Å². The normalized spacial score (nSPS) is 9.79. The van der Waals surface area contributed by atoms with Crippen molar-refractivity contribution < 1.29 is 14.3 Å². The van der Waals surface area contributed by atoms with Gasteiger partial charge in [0.15, 0.2) is 0 Å². The molecule has 2 amide bonds. The van der Waals surface area contributed by atoms with E-state index in [0.717, 1.165) is 0 Å². The second kappa shape index (κ2) is 7.25. The summed E-state index contributed by atoms with van der Waals surface area (Å²) in [4.78, 5) is 22.8. The summed E-state index contributed by atoms with van der Waals surface area (Å²) < 4.78 is 5.29. The lowest BCUT2D eigenvalue weighted by atomic mass is 10.1. The zero-order chi connectivity index (χ0) is 14.3. The van der Waals surface area contributed by atoms with E-state index in [-0.39, 0.29) is 24.8 Å². The highest BCUT2D eigenvalue weighted by molar-refractivity contribution is 5.95. The highest BCUT2D eigenvalue weighted by atomic mass is 16.5. The Morgan fingerprint density at radius 1 is 1.37 bits per heavy atom. The monoisotopic (exact) mass is 265 g/mol. The maximum atomic E-state index is 11.8. The number of nitrogens with one attached hydrogen (secondary N) is 2. The van der Waals surface area contributed by atoms with Crippen LogP contribution in [0.15, 0.2) is 18.2 Å². The summed E-state index contributed by atoms with van der Waals surface area (Å²) in [6, 6.07) is 4.85. The lowest BCUT2D eigenvalue weighted by Gasteiger charge is -2.09. The summed E-state index contributed by atoms with van der Waals surface area (Å²) in [7, 11) is 1.55. The number of benzene rings is 1. The third-order valence-electron chi connectivity index (χ3n) is 2.49. The molecule has 0 heterocycles. The zero-order valence-corrected chi connectivity index (χ0v) is 11.2. The summed E-state index contributed by atoms with van der Waals surface area (Å²) in [5.41, 5.74) is 6.63. The second-order valence-electron chi connectivity index (χ2n) is 3.86. The summed E-state index contributed by atoms with van der Waals surface area (Å²) in [6.07, 6.45) is 0.245. The molecule has 0 bridgehead atoms. The predicted octanol–water partition coefficient (Wildman–Crippen LogP) is 0.533. The van der Waals surface area contributed by atoms with E-state index in [9.17, 15) is 9.59 Å². The van der Waals surface area contributed by atoms with Gasteiger partial charge < -0.3 is 21.1 Å². The van der Waals surface area contributed by atoms with Gasteiger partial charge in [0.05, 0.1) is 12.3 Å². The molecule has 0 fully saturated rings. The molecule has 0 saturated heterocycles. The van der Waals surface area contributed by atoms with Gasteiger partial charge in [-0.1, -0.05) is 0 Å². The van der Waals surface area contributed by atoms with Gasteiger partial charge in [0.1, 0.15) is 5.75 Å². The van der Waals surface area contributed by atoms with E-state index in [2.05, 4.69) is 10.6 Å². The summed E-state index contributed by atoms with van der Waals surface area (Å²) in [5, 5.41) is 5.13. The van der Waals surface area contributed by atoms with Crippen LogP contribution in [0.25, 0.3) is 0 Å². The fourth-order valence-corrected chi connectivity index (χ4v) is 1.49. The predicted molar refractivity (Wildman–Crippen MR) is 73.0 cm³/mol. The first-order chi connectivity index (χ1) is 9.08. The SMILES string of the molecule is CCOc1ccc(C(=O)NCCC(=O)NC)cc1N. The Morgan fingerprint density at radius 2 is 2.11 bits per heavy atom. The number of carbonyl (C=O) groups is 2. The van der Waals surface area contributed by atoms with Crippen LogP contribution in [0.3, 0.4) is 0 Å². The van der Waals surface area contributed by atoms with Gasteiger partial charge in [0.2, 0.25) is 5.91 Å². The Morgan fingerprint density at radius 3 is 2.68 bits per heavy atom. The standard InChI is InChI=1S/C13H19N3O3/c1-3-19-11-5-4-9(8-10(11)14)13(18)16-7-6-12(17)15-2/h4-5,8H,3,6-7,14H2,1-2H3,(H,15,17)(H,16,18). The molecule has 0 aliphatic rings. The van der Waals surface area contributed by atoms with Crippen molar-refractivity contribution in [2.75, 3.05) is 25.9 Å². The van der Waals surface area contributed by atoms with Crippen molar-refractivity contribution in [2.45, 2.75) is 13.3 Å². The molecule has 0 aliphatic carbocycles. The lowest BCUT2D eigenvalue weighted by molar-refractivity contribution is -0.120. The molecule has 1 aromatic rings. The van der Waals surface area contributed by atoms with Crippen molar-refractivity contribution in [2.24, 2.45) is 0 Å². The van der Waals surface area contributed by atoms with Crippen LogP contribution in [-0.4, -0.2) is 32.0 Å². The Bertz CT molecular complexity index is 460. The topological polar surface area (TPSA) is 93.4 Å². The van der Waals surface area contributed by atoms with Gasteiger partial charge in [-0.3, -0.25) is 9.59 Å². The van der Waals surface area contributed by atoms with E-state index in [0.29, 0.717) is 23.6 Å². The van der Waals surface area contributed by atoms with Crippen LogP contribution < -0.4 is 21.1 Å². The molecule has 4 N–H and O–H groups in total. The highest BCUT2D eigenvalue weighted by Gasteiger charge is 2.09. The molecule has 6 nitrogen and oxygen atoms in total. The van der Waals surface area contributed by atoms with Crippen LogP contribution in [0.4, 0.5) is 5.69 Å². The molecule has 1 rings (SSSR count). The van der Waals surface area contributed by atoms with Crippen molar-refractivity contribution in [3.63, 3.8) is 0 Å². The molecule has 6 heteroatoms. The Hall–Kier alpha value is -2.24. The third-order valence-corrected chi connectivity index (χ3v) is 2.49. The molecule has 0 spiro atoms. The van der Waals surface area contributed by atoms with Crippen molar-refractivity contribution in [1.29, 1.82) is 0 Å². The Labute approximate surface area is 112 Å². The van der Waals surface area contributed by atoms with E-state index < -0.39 is 0 Å². The molecule has 0 aliphatic heterocycles. The number of hydrogen-bond acceptors (Lipinski definition) is 4. The number of nitrogen functional groups attached to an aromatic ring is 1. The molecular weight excluding hydrogens is 246 g/mol. The molecule has 104 valence electrons. The van der Waals surface area contributed by atoms with Crippen LogP contribution in [0.1, 0.15) is 23.7 Å². The van der Waals surface area contributed by atoms with Gasteiger partial charge in [-0.2, -0.15) is 0 Å². The first-order valence-electron chi connectivity index (χ1n) is 6.09. The molecule has 0 atom stereocenters. The molecule has 1 aromatic carbocycles. The second-order valence-corrected chi connectivity index (χ2v) is 3.86. The van der Waals surface area contributed by atoms with E-state index in [1.54, 1.807) is 25.2 Å². The quantitative estimate of drug-likeness (QED) is 0.654. The smallest absolute Gasteiger partial charge is 0.251 e. The largest absolute Gasteiger partial charge is 0.492 e. The average Bonchev–Trinajstić information content (AvgIpc) is 2.40. The van der Waals surface area contributed by atoms with E-state index >= 15 is 0 Å². The maximum absolute atomic E-state index is 11.8. The molecule has 0 radical (unpaired) electrons. The van der Waals surface area contributed by atoms with Gasteiger partial charge in [-0.25, -0.2) is 0 Å². The minimum absolute atomic E-state index is 0.119. The first-order valence-corrected chi connectivity index (χ1v) is 6.09. The van der Waals surface area contributed by atoms with Crippen molar-refractivity contribution in [3.8, 4) is 5.75 Å². The van der Waals surface area contributed by atoms with Crippen molar-refractivity contribution >= 4 is 17.5 Å². The van der Waals surface area contributed by atoms with Crippen LogP contribution in [0.5, 0.6) is 5.75 Å². The van der Waals surface area contributed by atoms with Crippen molar-refractivity contribution in [1.82, 2.24) is 10.6 Å². The summed E-state index contributed by atoms with van der Waals surface area (Å²) >= 11 is 0. The molecule has 0 aromatic heterocycles.